The molecule has 3 N–H and O–H groups in total. The Labute approximate surface area is 151 Å². The first-order valence-corrected chi connectivity index (χ1v) is 8.46. The number of fused-ring (bicyclic) bond motifs is 1. The van der Waals surface area contributed by atoms with Gasteiger partial charge in [0.15, 0.2) is 6.04 Å². The zero-order valence-corrected chi connectivity index (χ0v) is 14.3. The van der Waals surface area contributed by atoms with Crippen LogP contribution in [-0.2, 0) is 0 Å². The first kappa shape index (κ1) is 16.0. The van der Waals surface area contributed by atoms with Crippen LogP contribution in [0.15, 0.2) is 73.1 Å². The van der Waals surface area contributed by atoms with Crippen molar-refractivity contribution < 1.29 is 10.1 Å². The standard InChI is InChI=1S/C21H18N4O/c1-14-8-9-15-10-11-16(21(26)19(15)24-14)20(17-6-2-4-12-22-17)25-18-7-3-5-13-23-18/h2-13,20,26H,1H3,(H,23,25)/p+1. The highest BCUT2D eigenvalue weighted by atomic mass is 16.3. The number of nitrogens with one attached hydrogen (secondary N) is 2. The summed E-state index contributed by atoms with van der Waals surface area (Å²) in [6, 6.07) is 19.0. The summed E-state index contributed by atoms with van der Waals surface area (Å²) in [7, 11) is 0. The van der Waals surface area contributed by atoms with Crippen LogP contribution in [0.5, 0.6) is 5.75 Å². The van der Waals surface area contributed by atoms with E-state index in [-0.39, 0.29) is 11.8 Å². The number of anilines is 1. The lowest BCUT2D eigenvalue weighted by atomic mass is 9.99. The van der Waals surface area contributed by atoms with Crippen LogP contribution in [0.1, 0.15) is 23.0 Å². The van der Waals surface area contributed by atoms with Crippen molar-refractivity contribution in [2.24, 2.45) is 0 Å². The van der Waals surface area contributed by atoms with Crippen molar-refractivity contribution in [2.45, 2.75) is 13.0 Å². The Kier molecular flexibility index (Phi) is 4.19. The fourth-order valence-electron chi connectivity index (χ4n) is 3.02. The van der Waals surface area contributed by atoms with E-state index in [1.54, 1.807) is 6.20 Å². The van der Waals surface area contributed by atoms with E-state index in [2.05, 4.69) is 20.3 Å². The normalized spacial score (nSPS) is 12.0. The molecule has 3 heterocycles. The average Bonchev–Trinajstić information content (AvgIpc) is 2.69. The van der Waals surface area contributed by atoms with Crippen LogP contribution < -0.4 is 10.3 Å². The van der Waals surface area contributed by atoms with Gasteiger partial charge >= 0.3 is 0 Å². The van der Waals surface area contributed by atoms with Gasteiger partial charge in [-0.25, -0.2) is 9.97 Å². The highest BCUT2D eigenvalue weighted by molar-refractivity contribution is 5.86. The summed E-state index contributed by atoms with van der Waals surface area (Å²) in [5, 5.41) is 15.3. The molecular weight excluding hydrogens is 324 g/mol. The van der Waals surface area contributed by atoms with Crippen LogP contribution in [0, 0.1) is 6.92 Å². The molecule has 1 aromatic carbocycles. The zero-order chi connectivity index (χ0) is 17.9. The maximum Gasteiger partial charge on any atom is 0.272 e. The molecule has 128 valence electrons. The van der Waals surface area contributed by atoms with Gasteiger partial charge in [-0.2, -0.15) is 0 Å². The third-order valence-corrected chi connectivity index (χ3v) is 4.31. The predicted molar refractivity (Wildman–Crippen MR) is 101 cm³/mol. The molecule has 3 aromatic heterocycles. The van der Waals surface area contributed by atoms with Crippen molar-refractivity contribution in [3.8, 4) is 5.75 Å². The molecule has 0 radical (unpaired) electrons. The van der Waals surface area contributed by atoms with Crippen LogP contribution in [0.3, 0.4) is 0 Å². The van der Waals surface area contributed by atoms with E-state index in [9.17, 15) is 5.11 Å². The topological polar surface area (TPSA) is 72.2 Å². The fraction of sp³-hybridized carbons (Fsp3) is 0.0952. The number of hydrogen-bond acceptors (Lipinski definition) is 4. The van der Waals surface area contributed by atoms with E-state index < -0.39 is 0 Å². The Hall–Kier alpha value is -3.47. The summed E-state index contributed by atoms with van der Waals surface area (Å²) < 4.78 is 0. The SMILES string of the molecule is Cc1ccc2ccc(C(Nc3cccc[nH+]3)c3ccccn3)c(O)c2n1. The minimum Gasteiger partial charge on any atom is -0.505 e. The molecule has 0 bridgehead atoms. The molecule has 0 spiro atoms. The molecule has 4 rings (SSSR count). The van der Waals surface area contributed by atoms with Gasteiger partial charge in [0.25, 0.3) is 5.82 Å². The van der Waals surface area contributed by atoms with Gasteiger partial charge in [0.05, 0.1) is 11.9 Å². The maximum absolute atomic E-state index is 10.9. The summed E-state index contributed by atoms with van der Waals surface area (Å²) in [5.41, 5.74) is 3.00. The van der Waals surface area contributed by atoms with Crippen LogP contribution in [0.25, 0.3) is 10.9 Å². The first-order chi connectivity index (χ1) is 12.7. The number of hydrogen-bond donors (Lipinski definition) is 2. The Morgan fingerprint density at radius 1 is 1.00 bits per heavy atom. The third-order valence-electron chi connectivity index (χ3n) is 4.31. The lowest BCUT2D eigenvalue weighted by Gasteiger charge is -2.16. The van der Waals surface area contributed by atoms with Crippen LogP contribution in [0.4, 0.5) is 5.82 Å². The molecule has 26 heavy (non-hydrogen) atoms. The van der Waals surface area contributed by atoms with E-state index >= 15 is 0 Å². The number of pyridine rings is 3. The van der Waals surface area contributed by atoms with E-state index in [1.165, 1.54) is 0 Å². The monoisotopic (exact) mass is 343 g/mol. The maximum atomic E-state index is 10.9. The second-order valence-corrected chi connectivity index (χ2v) is 6.14. The fourth-order valence-corrected chi connectivity index (χ4v) is 3.02. The number of aromatic amines is 1. The van der Waals surface area contributed by atoms with Crippen LogP contribution in [0.2, 0.25) is 0 Å². The number of rotatable bonds is 4. The largest absolute Gasteiger partial charge is 0.505 e. The molecule has 0 amide bonds. The summed E-state index contributed by atoms with van der Waals surface area (Å²) in [5.74, 6) is 1.00. The third kappa shape index (κ3) is 3.07. The van der Waals surface area contributed by atoms with Gasteiger partial charge in [-0.3, -0.25) is 10.3 Å². The van der Waals surface area contributed by atoms with E-state index in [0.717, 1.165) is 28.2 Å². The number of phenolic OH excluding ortho intramolecular Hbond substituents is 1. The Balaban J connectivity index is 1.86. The molecule has 4 aromatic rings. The molecule has 5 heteroatoms. The summed E-state index contributed by atoms with van der Waals surface area (Å²) >= 11 is 0. The molecule has 0 aliphatic rings. The Bertz CT molecular complexity index is 1040. The number of nitrogens with zero attached hydrogens (tertiary/aromatic N) is 2. The molecule has 0 aliphatic carbocycles. The smallest absolute Gasteiger partial charge is 0.272 e. The number of phenols is 1. The van der Waals surface area contributed by atoms with Crippen molar-refractivity contribution in [1.29, 1.82) is 0 Å². The number of aromatic nitrogens is 3. The Morgan fingerprint density at radius 2 is 1.85 bits per heavy atom. The molecule has 1 atom stereocenters. The van der Waals surface area contributed by atoms with Crippen molar-refractivity contribution in [3.05, 3.63) is 90.0 Å². The van der Waals surface area contributed by atoms with Gasteiger partial charge in [0.1, 0.15) is 11.3 Å². The van der Waals surface area contributed by atoms with Crippen molar-refractivity contribution in [1.82, 2.24) is 9.97 Å². The van der Waals surface area contributed by atoms with Crippen molar-refractivity contribution >= 4 is 16.7 Å². The Morgan fingerprint density at radius 3 is 2.62 bits per heavy atom. The zero-order valence-electron chi connectivity index (χ0n) is 14.3. The number of aromatic hydroxyl groups is 1. The van der Waals surface area contributed by atoms with Gasteiger partial charge in [0.2, 0.25) is 0 Å². The van der Waals surface area contributed by atoms with Crippen LogP contribution >= 0.6 is 0 Å². The van der Waals surface area contributed by atoms with E-state index in [1.807, 2.05) is 73.8 Å². The summed E-state index contributed by atoms with van der Waals surface area (Å²) in [6.07, 6.45) is 3.60. The molecule has 1 unspecified atom stereocenters. The summed E-state index contributed by atoms with van der Waals surface area (Å²) in [4.78, 5) is 12.2. The number of benzene rings is 1. The summed E-state index contributed by atoms with van der Waals surface area (Å²) in [6.45, 7) is 1.92. The lowest BCUT2D eigenvalue weighted by Crippen LogP contribution is -2.19. The minimum atomic E-state index is -0.318. The van der Waals surface area contributed by atoms with Gasteiger partial charge in [-0.1, -0.05) is 24.3 Å². The average molecular weight is 343 g/mol. The molecule has 0 saturated carbocycles. The lowest BCUT2D eigenvalue weighted by molar-refractivity contribution is -0.361. The molecule has 0 aliphatic heterocycles. The molecular formula is C21H19N4O+. The molecule has 0 fully saturated rings. The predicted octanol–water partition coefficient (Wildman–Crippen LogP) is 3.66. The van der Waals surface area contributed by atoms with Crippen LogP contribution in [-0.4, -0.2) is 15.1 Å². The molecule has 0 saturated heterocycles. The molecule has 5 nitrogen and oxygen atoms in total. The van der Waals surface area contributed by atoms with Gasteiger partial charge in [0, 0.05) is 28.9 Å². The quantitative estimate of drug-likeness (QED) is 0.593. The first-order valence-electron chi connectivity index (χ1n) is 8.46. The number of aryl methyl sites for hydroxylation is 1. The number of H-pyrrole nitrogens is 1. The highest BCUT2D eigenvalue weighted by Gasteiger charge is 2.25. The van der Waals surface area contributed by atoms with Crippen molar-refractivity contribution in [3.63, 3.8) is 0 Å². The van der Waals surface area contributed by atoms with Gasteiger partial charge in [-0.05, 0) is 37.3 Å². The second kappa shape index (κ2) is 6.80. The van der Waals surface area contributed by atoms with Crippen molar-refractivity contribution in [2.75, 3.05) is 5.32 Å². The minimum absolute atomic E-state index is 0.172. The van der Waals surface area contributed by atoms with Gasteiger partial charge < -0.3 is 5.11 Å². The van der Waals surface area contributed by atoms with E-state index in [0.29, 0.717) is 5.52 Å². The second-order valence-electron chi connectivity index (χ2n) is 6.14. The highest BCUT2D eigenvalue weighted by Crippen LogP contribution is 2.35. The van der Waals surface area contributed by atoms with E-state index in [4.69, 9.17) is 0 Å². The van der Waals surface area contributed by atoms with Gasteiger partial charge in [-0.15, -0.1) is 0 Å².